The number of aryl methyl sites for hydroxylation is 1. The molecule has 0 aliphatic heterocycles. The second-order valence-corrected chi connectivity index (χ2v) is 6.24. The van der Waals surface area contributed by atoms with Crippen LogP contribution < -0.4 is 5.32 Å². The van der Waals surface area contributed by atoms with E-state index in [2.05, 4.69) is 10.4 Å². The fourth-order valence-electron chi connectivity index (χ4n) is 2.80. The molecule has 1 amide bonds. The van der Waals surface area contributed by atoms with Gasteiger partial charge in [0, 0.05) is 17.7 Å². The number of hydrogen-bond acceptors (Lipinski definition) is 4. The third kappa shape index (κ3) is 4.60. The van der Waals surface area contributed by atoms with Crippen molar-refractivity contribution in [2.45, 2.75) is 19.5 Å². The van der Waals surface area contributed by atoms with Gasteiger partial charge in [0.25, 0.3) is 5.69 Å². The first-order valence-electron chi connectivity index (χ1n) is 8.41. The van der Waals surface area contributed by atoms with E-state index >= 15 is 0 Å². The van der Waals surface area contributed by atoms with E-state index in [1.165, 1.54) is 41.1 Å². The van der Waals surface area contributed by atoms with E-state index in [0.717, 1.165) is 12.1 Å². The van der Waals surface area contributed by atoms with Crippen molar-refractivity contribution in [3.05, 3.63) is 81.5 Å². The minimum absolute atomic E-state index is 0.119. The highest BCUT2D eigenvalue weighted by Gasteiger charge is 2.30. The van der Waals surface area contributed by atoms with Gasteiger partial charge >= 0.3 is 6.18 Å². The van der Waals surface area contributed by atoms with Crippen molar-refractivity contribution in [3.8, 4) is 5.69 Å². The molecule has 0 bridgehead atoms. The average Bonchev–Trinajstić information content (AvgIpc) is 3.01. The average molecular weight is 404 g/mol. The fraction of sp³-hybridized carbons (Fsp3) is 0.158. The zero-order chi connectivity index (χ0) is 21.2. The van der Waals surface area contributed by atoms with E-state index in [-0.39, 0.29) is 29.2 Å². The van der Waals surface area contributed by atoms with Crippen LogP contribution in [0.15, 0.2) is 54.6 Å². The first-order valence-corrected chi connectivity index (χ1v) is 8.41. The lowest BCUT2D eigenvalue weighted by molar-refractivity contribution is -0.385. The molecule has 1 N–H and O–H groups in total. The van der Waals surface area contributed by atoms with E-state index in [4.69, 9.17) is 0 Å². The molecule has 0 unspecified atom stereocenters. The first-order chi connectivity index (χ1) is 13.6. The highest BCUT2D eigenvalue weighted by molar-refractivity contribution is 5.92. The van der Waals surface area contributed by atoms with Crippen molar-refractivity contribution in [1.29, 1.82) is 0 Å². The molecule has 29 heavy (non-hydrogen) atoms. The number of amides is 1. The van der Waals surface area contributed by atoms with Crippen LogP contribution in [0.3, 0.4) is 0 Å². The van der Waals surface area contributed by atoms with Crippen LogP contribution in [0.4, 0.5) is 24.7 Å². The van der Waals surface area contributed by atoms with Crippen LogP contribution in [0, 0.1) is 17.0 Å². The Kier molecular flexibility index (Phi) is 5.35. The van der Waals surface area contributed by atoms with Crippen molar-refractivity contribution in [2.24, 2.45) is 0 Å². The third-order valence-electron chi connectivity index (χ3n) is 4.06. The molecule has 150 valence electrons. The summed E-state index contributed by atoms with van der Waals surface area (Å²) in [7, 11) is 0. The standard InChI is InChI=1S/C19H15F3N4O3/c1-12-9-17(23-18(27)10-13-5-2-3-8-16(13)26(28)29)25(24-12)15-7-4-6-14(11-15)19(20,21)22/h2-9,11H,10H2,1H3,(H,23,27). The van der Waals surface area contributed by atoms with Gasteiger partial charge in [-0.25, -0.2) is 4.68 Å². The Labute approximate surface area is 162 Å². The van der Waals surface area contributed by atoms with Gasteiger partial charge in [-0.1, -0.05) is 24.3 Å². The predicted octanol–water partition coefficient (Wildman–Crippen LogP) is 4.29. The Morgan fingerprint density at radius 1 is 1.17 bits per heavy atom. The van der Waals surface area contributed by atoms with Gasteiger partial charge in [0.2, 0.25) is 5.91 Å². The Morgan fingerprint density at radius 3 is 2.59 bits per heavy atom. The molecule has 1 aromatic heterocycles. The Balaban J connectivity index is 1.87. The molecule has 0 saturated heterocycles. The van der Waals surface area contributed by atoms with Gasteiger partial charge in [0.05, 0.1) is 28.3 Å². The number of rotatable bonds is 5. The van der Waals surface area contributed by atoms with E-state index in [1.54, 1.807) is 13.0 Å². The lowest BCUT2D eigenvalue weighted by atomic mass is 10.1. The van der Waals surface area contributed by atoms with Crippen molar-refractivity contribution in [1.82, 2.24) is 9.78 Å². The monoisotopic (exact) mass is 404 g/mol. The Hall–Kier alpha value is -3.69. The minimum atomic E-state index is -4.52. The smallest absolute Gasteiger partial charge is 0.310 e. The number of para-hydroxylation sites is 1. The molecule has 0 radical (unpaired) electrons. The Bertz CT molecular complexity index is 1080. The normalized spacial score (nSPS) is 11.3. The molecular formula is C19H15F3N4O3. The summed E-state index contributed by atoms with van der Waals surface area (Å²) in [6.45, 7) is 1.63. The molecule has 0 fully saturated rings. The first kappa shape index (κ1) is 20.1. The number of nitro benzene ring substituents is 1. The highest BCUT2D eigenvalue weighted by atomic mass is 19.4. The molecule has 0 spiro atoms. The van der Waals surface area contributed by atoms with Gasteiger partial charge in [0.1, 0.15) is 5.82 Å². The molecule has 0 saturated carbocycles. The lowest BCUT2D eigenvalue weighted by Gasteiger charge is -2.12. The number of carbonyl (C=O) groups is 1. The number of halogens is 3. The molecule has 0 aliphatic carbocycles. The maximum absolute atomic E-state index is 13.0. The molecule has 10 heteroatoms. The van der Waals surface area contributed by atoms with Gasteiger partial charge in [-0.15, -0.1) is 0 Å². The maximum atomic E-state index is 13.0. The summed E-state index contributed by atoms with van der Waals surface area (Å²) in [4.78, 5) is 22.9. The van der Waals surface area contributed by atoms with Crippen LogP contribution in [0.2, 0.25) is 0 Å². The van der Waals surface area contributed by atoms with Crippen molar-refractivity contribution < 1.29 is 22.9 Å². The SMILES string of the molecule is Cc1cc(NC(=O)Cc2ccccc2[N+](=O)[O-])n(-c2cccc(C(F)(F)F)c2)n1. The summed E-state index contributed by atoms with van der Waals surface area (Å²) in [5.74, 6) is -0.405. The summed E-state index contributed by atoms with van der Waals surface area (Å²) < 4.78 is 40.2. The van der Waals surface area contributed by atoms with Crippen LogP contribution in [-0.2, 0) is 17.4 Å². The third-order valence-corrected chi connectivity index (χ3v) is 4.06. The topological polar surface area (TPSA) is 90.1 Å². The van der Waals surface area contributed by atoms with Crippen molar-refractivity contribution >= 4 is 17.4 Å². The number of hydrogen-bond donors (Lipinski definition) is 1. The summed E-state index contributed by atoms with van der Waals surface area (Å²) in [5, 5.41) is 17.8. The number of anilines is 1. The maximum Gasteiger partial charge on any atom is 0.416 e. The molecular weight excluding hydrogens is 389 g/mol. The van der Waals surface area contributed by atoms with Gasteiger partial charge in [0.15, 0.2) is 0 Å². The van der Waals surface area contributed by atoms with Gasteiger partial charge < -0.3 is 5.32 Å². The number of alkyl halides is 3. The number of carbonyl (C=O) groups excluding carboxylic acids is 1. The number of benzene rings is 2. The summed E-state index contributed by atoms with van der Waals surface area (Å²) in [6.07, 6.45) is -4.79. The number of aromatic nitrogens is 2. The zero-order valence-corrected chi connectivity index (χ0v) is 15.1. The van der Waals surface area contributed by atoms with Crippen LogP contribution in [-0.4, -0.2) is 20.6 Å². The summed E-state index contributed by atoms with van der Waals surface area (Å²) >= 11 is 0. The van der Waals surface area contributed by atoms with E-state index in [9.17, 15) is 28.1 Å². The molecule has 0 atom stereocenters. The predicted molar refractivity (Wildman–Crippen MR) is 98.7 cm³/mol. The summed E-state index contributed by atoms with van der Waals surface area (Å²) in [6, 6.07) is 11.9. The minimum Gasteiger partial charge on any atom is -0.310 e. The van der Waals surface area contributed by atoms with Crippen LogP contribution in [0.5, 0.6) is 0 Å². The quantitative estimate of drug-likeness (QED) is 0.507. The van der Waals surface area contributed by atoms with E-state index < -0.39 is 22.6 Å². The zero-order valence-electron chi connectivity index (χ0n) is 15.1. The largest absolute Gasteiger partial charge is 0.416 e. The molecule has 3 rings (SSSR count). The molecule has 2 aromatic carbocycles. The molecule has 7 nitrogen and oxygen atoms in total. The second-order valence-electron chi connectivity index (χ2n) is 6.24. The van der Waals surface area contributed by atoms with E-state index in [1.807, 2.05) is 0 Å². The van der Waals surface area contributed by atoms with E-state index in [0.29, 0.717) is 5.69 Å². The number of nitrogens with zero attached hydrogens (tertiary/aromatic N) is 3. The second kappa shape index (κ2) is 7.74. The van der Waals surface area contributed by atoms with Crippen LogP contribution >= 0.6 is 0 Å². The fourth-order valence-corrected chi connectivity index (χ4v) is 2.80. The van der Waals surface area contributed by atoms with Gasteiger partial charge in [-0.3, -0.25) is 14.9 Å². The van der Waals surface area contributed by atoms with Gasteiger partial charge in [-0.2, -0.15) is 18.3 Å². The van der Waals surface area contributed by atoms with Crippen molar-refractivity contribution in [2.75, 3.05) is 5.32 Å². The van der Waals surface area contributed by atoms with Crippen LogP contribution in [0.25, 0.3) is 5.69 Å². The van der Waals surface area contributed by atoms with Crippen LogP contribution in [0.1, 0.15) is 16.8 Å². The van der Waals surface area contributed by atoms with Gasteiger partial charge in [-0.05, 0) is 25.1 Å². The van der Waals surface area contributed by atoms with Crippen molar-refractivity contribution in [3.63, 3.8) is 0 Å². The number of nitro groups is 1. The number of nitrogens with one attached hydrogen (secondary N) is 1. The molecule has 1 heterocycles. The molecule has 0 aliphatic rings. The molecule has 3 aromatic rings. The highest BCUT2D eigenvalue weighted by Crippen LogP contribution is 2.31. The summed E-state index contributed by atoms with van der Waals surface area (Å²) in [5.41, 5.74) is -0.222. The Morgan fingerprint density at radius 2 is 1.90 bits per heavy atom. The lowest BCUT2D eigenvalue weighted by Crippen LogP contribution is -2.18.